The molecular formula is C15H33OP. The fraction of sp³-hybridized carbons (Fsp3) is 1.00. The Morgan fingerprint density at radius 1 is 0.941 bits per heavy atom. The van der Waals surface area contributed by atoms with Crippen LogP contribution in [0.5, 0.6) is 0 Å². The van der Waals surface area contributed by atoms with Crippen LogP contribution in [0.1, 0.15) is 73.1 Å². The largest absolute Gasteiger partial charge is 0.323 e. The quantitative estimate of drug-likeness (QED) is 0.360. The van der Waals surface area contributed by atoms with Crippen molar-refractivity contribution in [3.05, 3.63) is 0 Å². The summed E-state index contributed by atoms with van der Waals surface area (Å²) in [6.07, 6.45) is 9.39. The molecule has 2 atom stereocenters. The zero-order valence-corrected chi connectivity index (χ0v) is 13.6. The highest BCUT2D eigenvalue weighted by molar-refractivity contribution is 7.64. The molecule has 104 valence electrons. The smallest absolute Gasteiger partial charge is 0.0906 e. The Hall–Kier alpha value is 0.230. The van der Waals surface area contributed by atoms with Crippen LogP contribution in [-0.4, -0.2) is 18.0 Å². The van der Waals surface area contributed by atoms with E-state index in [9.17, 15) is 4.57 Å². The van der Waals surface area contributed by atoms with Crippen LogP contribution in [0.2, 0.25) is 0 Å². The van der Waals surface area contributed by atoms with Gasteiger partial charge in [-0.2, -0.15) is 0 Å². The van der Waals surface area contributed by atoms with Gasteiger partial charge in [-0.25, -0.2) is 0 Å². The average molecular weight is 261 g/mol. The van der Waals surface area contributed by atoms with Gasteiger partial charge in [-0.15, -0.1) is 0 Å². The second-order valence-corrected chi connectivity index (χ2v) is 9.52. The fourth-order valence-electron chi connectivity index (χ4n) is 2.43. The van der Waals surface area contributed by atoms with E-state index in [0.717, 1.165) is 18.7 Å². The van der Waals surface area contributed by atoms with Gasteiger partial charge in [-0.3, -0.25) is 0 Å². The molecule has 0 aliphatic rings. The first-order valence-electron chi connectivity index (χ1n) is 7.54. The molecule has 0 radical (unpaired) electrons. The normalized spacial score (nSPS) is 17.1. The van der Waals surface area contributed by atoms with Gasteiger partial charge in [0.15, 0.2) is 0 Å². The summed E-state index contributed by atoms with van der Waals surface area (Å²) in [6, 6.07) is 0. The molecule has 0 aliphatic heterocycles. The van der Waals surface area contributed by atoms with Gasteiger partial charge in [-0.1, -0.05) is 60.3 Å². The molecule has 0 spiro atoms. The summed E-state index contributed by atoms with van der Waals surface area (Å²) in [5.74, 6) is 0.575. The Morgan fingerprint density at radius 2 is 1.53 bits per heavy atom. The van der Waals surface area contributed by atoms with Gasteiger partial charge in [0, 0.05) is 18.0 Å². The topological polar surface area (TPSA) is 17.1 Å². The predicted molar refractivity (Wildman–Crippen MR) is 80.7 cm³/mol. The predicted octanol–water partition coefficient (Wildman–Crippen LogP) is 5.77. The SMILES string of the molecule is CCCCCCC[32P](=O)(CC(C)C)C(C)CC. The van der Waals surface area contributed by atoms with Crippen LogP contribution >= 0.6 is 7.14 Å². The van der Waals surface area contributed by atoms with Crippen molar-refractivity contribution < 1.29 is 4.57 Å². The lowest BCUT2D eigenvalue weighted by atomic mass is 10.2. The lowest BCUT2D eigenvalue weighted by Crippen LogP contribution is -2.12. The molecule has 2 heteroatoms. The minimum absolute atomic E-state index is 0.427. The Labute approximate surface area is 109 Å². The molecule has 0 saturated heterocycles. The summed E-state index contributed by atoms with van der Waals surface area (Å²) in [5, 5.41) is 0. The molecule has 17 heavy (non-hydrogen) atoms. The zero-order valence-electron chi connectivity index (χ0n) is 12.7. The van der Waals surface area contributed by atoms with E-state index in [4.69, 9.17) is 0 Å². The Kier molecular flexibility index (Phi) is 9.32. The molecule has 0 amide bonds. The van der Waals surface area contributed by atoms with Crippen molar-refractivity contribution in [3.8, 4) is 0 Å². The van der Waals surface area contributed by atoms with Gasteiger partial charge in [0.1, 0.15) is 0 Å². The molecule has 0 rings (SSSR count). The maximum absolute atomic E-state index is 13.0. The summed E-state index contributed by atoms with van der Waals surface area (Å²) >= 11 is 0. The van der Waals surface area contributed by atoms with Gasteiger partial charge < -0.3 is 4.57 Å². The Balaban J connectivity index is 4.15. The number of rotatable bonds is 10. The summed E-state index contributed by atoms with van der Waals surface area (Å²) in [7, 11) is -1.92. The maximum Gasteiger partial charge on any atom is 0.0906 e. The highest BCUT2D eigenvalue weighted by atomic mass is 32.2. The first kappa shape index (κ1) is 17.2. The van der Waals surface area contributed by atoms with Gasteiger partial charge in [0.25, 0.3) is 0 Å². The molecule has 0 heterocycles. The van der Waals surface area contributed by atoms with E-state index in [1.807, 2.05) is 0 Å². The van der Waals surface area contributed by atoms with Crippen LogP contribution in [0.3, 0.4) is 0 Å². The van der Waals surface area contributed by atoms with Crippen LogP contribution in [0, 0.1) is 5.92 Å². The van der Waals surface area contributed by atoms with Crippen molar-refractivity contribution in [2.45, 2.75) is 78.8 Å². The molecule has 0 saturated carbocycles. The van der Waals surface area contributed by atoms with Crippen molar-refractivity contribution >= 4 is 7.14 Å². The minimum atomic E-state index is -1.92. The van der Waals surface area contributed by atoms with E-state index in [1.165, 1.54) is 32.1 Å². The van der Waals surface area contributed by atoms with Crippen molar-refractivity contribution in [1.29, 1.82) is 0 Å². The molecule has 0 aliphatic carbocycles. The first-order valence-corrected chi connectivity index (χ1v) is 9.68. The van der Waals surface area contributed by atoms with Crippen molar-refractivity contribution in [2.24, 2.45) is 5.92 Å². The highest BCUT2D eigenvalue weighted by Crippen LogP contribution is 2.53. The second-order valence-electron chi connectivity index (χ2n) is 5.92. The highest BCUT2D eigenvalue weighted by Gasteiger charge is 2.28. The van der Waals surface area contributed by atoms with Crippen molar-refractivity contribution in [3.63, 3.8) is 0 Å². The summed E-state index contributed by atoms with van der Waals surface area (Å²) < 4.78 is 13.0. The second kappa shape index (κ2) is 9.20. The van der Waals surface area contributed by atoms with E-state index in [1.54, 1.807) is 0 Å². The number of unbranched alkanes of at least 4 members (excludes halogenated alkanes) is 4. The average Bonchev–Trinajstić information content (AvgIpc) is 2.26. The van der Waals surface area contributed by atoms with Crippen molar-refractivity contribution in [1.82, 2.24) is 0 Å². The molecule has 0 aromatic heterocycles. The van der Waals surface area contributed by atoms with Crippen LogP contribution < -0.4 is 0 Å². The zero-order chi connectivity index (χ0) is 13.3. The molecule has 0 bridgehead atoms. The molecule has 2 unspecified atom stereocenters. The van der Waals surface area contributed by atoms with E-state index in [-0.39, 0.29) is 0 Å². The fourth-order valence-corrected chi connectivity index (χ4v) is 6.07. The van der Waals surface area contributed by atoms with Gasteiger partial charge in [0.05, 0.1) is 7.14 Å². The first-order chi connectivity index (χ1) is 7.96. The summed E-state index contributed by atoms with van der Waals surface area (Å²) in [5.41, 5.74) is 0.427. The van der Waals surface area contributed by atoms with Gasteiger partial charge >= 0.3 is 0 Å². The van der Waals surface area contributed by atoms with E-state index < -0.39 is 7.14 Å². The van der Waals surface area contributed by atoms with Crippen molar-refractivity contribution in [2.75, 3.05) is 12.3 Å². The molecule has 0 aromatic carbocycles. The van der Waals surface area contributed by atoms with Crippen LogP contribution in [-0.2, 0) is 4.57 Å². The van der Waals surface area contributed by atoms with Crippen LogP contribution in [0.4, 0.5) is 0 Å². The lowest BCUT2D eigenvalue weighted by molar-refractivity contribution is 0.548. The molecule has 0 fully saturated rings. The monoisotopic (exact) mass is 261 g/mol. The van der Waals surface area contributed by atoms with E-state index >= 15 is 0 Å². The third-order valence-corrected chi connectivity index (χ3v) is 8.10. The summed E-state index contributed by atoms with van der Waals surface area (Å²) in [4.78, 5) is 0. The van der Waals surface area contributed by atoms with Gasteiger partial charge in [-0.05, 0) is 18.8 Å². The molecule has 1 nitrogen and oxygen atoms in total. The minimum Gasteiger partial charge on any atom is -0.323 e. The lowest BCUT2D eigenvalue weighted by Gasteiger charge is -2.26. The molecule has 0 aromatic rings. The van der Waals surface area contributed by atoms with E-state index in [2.05, 4.69) is 34.6 Å². The third kappa shape index (κ3) is 7.29. The maximum atomic E-state index is 13.0. The third-order valence-electron chi connectivity index (χ3n) is 3.71. The van der Waals surface area contributed by atoms with E-state index in [0.29, 0.717) is 11.6 Å². The molecular weight excluding hydrogens is 228 g/mol. The summed E-state index contributed by atoms with van der Waals surface area (Å²) in [6.45, 7) is 11.0. The molecule has 0 N–H and O–H groups in total. The Morgan fingerprint density at radius 3 is 2.00 bits per heavy atom. The number of hydrogen-bond acceptors (Lipinski definition) is 1. The van der Waals surface area contributed by atoms with Crippen LogP contribution in [0.15, 0.2) is 0 Å². The Bertz CT molecular complexity index is 223. The number of hydrogen-bond donors (Lipinski definition) is 0. The van der Waals surface area contributed by atoms with Crippen LogP contribution in [0.25, 0.3) is 0 Å². The standard InChI is InChI=1S/C15H33OP/c1-6-8-9-10-11-12-17(16,13-14(3)4)15(5)7-2/h14-15H,6-13H2,1-5H3/i17+1. The van der Waals surface area contributed by atoms with Gasteiger partial charge in [0.2, 0.25) is 0 Å².